The van der Waals surface area contributed by atoms with Gasteiger partial charge in [0.2, 0.25) is 0 Å². The quantitative estimate of drug-likeness (QED) is 0.849. The summed E-state index contributed by atoms with van der Waals surface area (Å²) in [5.74, 6) is -3.63. The van der Waals surface area contributed by atoms with E-state index in [1.807, 2.05) is 0 Å². The van der Waals surface area contributed by atoms with Crippen LogP contribution >= 0.6 is 11.6 Å². The number of rotatable bonds is 1. The van der Waals surface area contributed by atoms with Gasteiger partial charge in [0.05, 0.1) is 0 Å². The average Bonchev–Trinajstić information content (AvgIpc) is 2.77. The van der Waals surface area contributed by atoms with E-state index in [1.165, 1.54) is 18.2 Å². The second kappa shape index (κ2) is 4.53. The Morgan fingerprint density at radius 2 is 2.05 bits per heavy atom. The van der Waals surface area contributed by atoms with Crippen LogP contribution in [0.2, 0.25) is 5.02 Å². The molecule has 106 valence electrons. The molecule has 20 heavy (non-hydrogen) atoms. The van der Waals surface area contributed by atoms with E-state index >= 15 is 0 Å². The van der Waals surface area contributed by atoms with E-state index in [1.54, 1.807) is 16.8 Å². The molecule has 1 N–H and O–H groups in total. The zero-order valence-electron chi connectivity index (χ0n) is 10.3. The first-order valence-electron chi connectivity index (χ1n) is 6.11. The lowest BCUT2D eigenvalue weighted by Gasteiger charge is -2.28. The smallest absolute Gasteiger partial charge is 0.278 e. The maximum absolute atomic E-state index is 13.5. The molecule has 0 radical (unpaired) electrons. The Bertz CT molecular complexity index is 648. The molecule has 2 nitrogen and oxygen atoms in total. The topological polar surface area (TPSA) is 25.2 Å². The van der Waals surface area contributed by atoms with Gasteiger partial charge in [0.25, 0.3) is 5.92 Å². The fraction of sp³-hybridized carbons (Fsp3) is 0.286. The van der Waals surface area contributed by atoms with Gasteiger partial charge in [-0.2, -0.15) is 0 Å². The molecular weight excluding hydrogens is 291 g/mol. The molecule has 1 unspecified atom stereocenters. The van der Waals surface area contributed by atoms with Crippen molar-refractivity contribution in [3.05, 3.63) is 52.6 Å². The van der Waals surface area contributed by atoms with E-state index in [9.17, 15) is 18.3 Å². The zero-order valence-corrected chi connectivity index (χ0v) is 11.0. The predicted molar refractivity (Wildman–Crippen MR) is 69.0 cm³/mol. The third-order valence-electron chi connectivity index (χ3n) is 3.54. The molecule has 1 heterocycles. The summed E-state index contributed by atoms with van der Waals surface area (Å²) >= 11 is 5.80. The molecule has 0 fully saturated rings. The van der Waals surface area contributed by atoms with E-state index < -0.39 is 24.3 Å². The third kappa shape index (κ3) is 2.11. The Hall–Kier alpha value is -1.46. The Labute approximate surface area is 118 Å². The van der Waals surface area contributed by atoms with Gasteiger partial charge >= 0.3 is 0 Å². The van der Waals surface area contributed by atoms with Crippen LogP contribution < -0.4 is 0 Å². The average molecular weight is 302 g/mol. The fourth-order valence-electron chi connectivity index (χ4n) is 2.56. The van der Waals surface area contributed by atoms with Crippen molar-refractivity contribution in [2.45, 2.75) is 24.9 Å². The van der Waals surface area contributed by atoms with E-state index in [-0.39, 0.29) is 17.0 Å². The summed E-state index contributed by atoms with van der Waals surface area (Å²) in [6.07, 6.45) is -0.605. The Morgan fingerprint density at radius 1 is 1.30 bits per heavy atom. The van der Waals surface area contributed by atoms with Crippen molar-refractivity contribution in [3.8, 4) is 5.69 Å². The molecule has 6 heteroatoms. The number of aromatic nitrogens is 1. The van der Waals surface area contributed by atoms with Crippen molar-refractivity contribution in [2.24, 2.45) is 0 Å². The molecule has 3 rings (SSSR count). The van der Waals surface area contributed by atoms with Crippen LogP contribution in [0.25, 0.3) is 5.69 Å². The summed E-state index contributed by atoms with van der Waals surface area (Å²) in [6.45, 7) is 0. The molecule has 1 aliphatic rings. The third-order valence-corrected chi connectivity index (χ3v) is 3.76. The SMILES string of the molecule is OC1c2ccn(-c3cc(F)cc(Cl)c3)c2CCC1(F)F. The predicted octanol–water partition coefficient (Wildman–Crippen LogP) is 3.88. The van der Waals surface area contributed by atoms with Crippen molar-refractivity contribution in [1.82, 2.24) is 4.57 Å². The minimum atomic E-state index is -3.13. The normalized spacial score (nSPS) is 20.8. The second-order valence-electron chi connectivity index (χ2n) is 4.88. The maximum Gasteiger partial charge on any atom is 0.278 e. The lowest BCUT2D eigenvalue weighted by atomic mass is 9.91. The second-order valence-corrected chi connectivity index (χ2v) is 5.32. The van der Waals surface area contributed by atoms with E-state index in [0.29, 0.717) is 11.4 Å². The Balaban J connectivity index is 2.10. The fourth-order valence-corrected chi connectivity index (χ4v) is 2.78. The van der Waals surface area contributed by atoms with Gasteiger partial charge in [-0.3, -0.25) is 0 Å². The minimum Gasteiger partial charge on any atom is -0.382 e. The van der Waals surface area contributed by atoms with Gasteiger partial charge in [-0.1, -0.05) is 11.6 Å². The number of aliphatic hydroxyl groups is 1. The number of benzene rings is 1. The summed E-state index contributed by atoms with van der Waals surface area (Å²) in [4.78, 5) is 0. The highest BCUT2D eigenvalue weighted by atomic mass is 35.5. The lowest BCUT2D eigenvalue weighted by molar-refractivity contribution is -0.121. The lowest BCUT2D eigenvalue weighted by Crippen LogP contribution is -2.31. The van der Waals surface area contributed by atoms with Crippen LogP contribution in [0.1, 0.15) is 23.8 Å². The number of halogens is 4. The van der Waals surface area contributed by atoms with Crippen LogP contribution in [-0.2, 0) is 6.42 Å². The molecule has 1 aromatic heterocycles. The van der Waals surface area contributed by atoms with Crippen LogP contribution in [-0.4, -0.2) is 15.6 Å². The minimum absolute atomic E-state index is 0.112. The van der Waals surface area contributed by atoms with Crippen LogP contribution in [0.5, 0.6) is 0 Å². The van der Waals surface area contributed by atoms with Crippen LogP contribution in [0.15, 0.2) is 30.5 Å². The summed E-state index contributed by atoms with van der Waals surface area (Å²) < 4.78 is 41.9. The van der Waals surface area contributed by atoms with Gasteiger partial charge in [-0.05, 0) is 30.7 Å². The van der Waals surface area contributed by atoms with Crippen LogP contribution in [0.4, 0.5) is 13.2 Å². The number of nitrogens with zero attached hydrogens (tertiary/aromatic N) is 1. The van der Waals surface area contributed by atoms with Crippen molar-refractivity contribution in [1.29, 1.82) is 0 Å². The number of aliphatic hydroxyl groups excluding tert-OH is 1. The highest BCUT2D eigenvalue weighted by Gasteiger charge is 2.44. The highest BCUT2D eigenvalue weighted by molar-refractivity contribution is 6.30. The molecule has 0 aliphatic heterocycles. The first-order valence-corrected chi connectivity index (χ1v) is 6.49. The van der Waals surface area contributed by atoms with Crippen molar-refractivity contribution >= 4 is 11.6 Å². The number of alkyl halides is 2. The largest absolute Gasteiger partial charge is 0.382 e. The summed E-state index contributed by atoms with van der Waals surface area (Å²) in [5, 5.41) is 9.92. The standard InChI is InChI=1S/C14H11ClF3NO/c15-8-5-9(16)7-10(6-8)19-4-2-11-12(19)1-3-14(17,18)13(11)20/h2,4-7,13,20H,1,3H2. The Kier molecular flexibility index (Phi) is 3.06. The van der Waals surface area contributed by atoms with Gasteiger partial charge in [-0.25, -0.2) is 13.2 Å². The molecule has 1 aliphatic carbocycles. The molecule has 0 spiro atoms. The zero-order chi connectivity index (χ0) is 14.5. The summed E-state index contributed by atoms with van der Waals surface area (Å²) in [6, 6.07) is 5.42. The van der Waals surface area contributed by atoms with Crippen molar-refractivity contribution < 1.29 is 18.3 Å². The van der Waals surface area contributed by atoms with Gasteiger partial charge in [0, 0.05) is 34.6 Å². The van der Waals surface area contributed by atoms with Gasteiger partial charge in [0.1, 0.15) is 11.9 Å². The molecule has 0 saturated carbocycles. The number of hydrogen-bond acceptors (Lipinski definition) is 1. The van der Waals surface area contributed by atoms with Crippen molar-refractivity contribution in [3.63, 3.8) is 0 Å². The molecular formula is C14H11ClF3NO. The van der Waals surface area contributed by atoms with Gasteiger partial charge in [0.15, 0.2) is 0 Å². The molecule has 2 aromatic rings. The molecule has 1 aromatic carbocycles. The van der Waals surface area contributed by atoms with E-state index in [2.05, 4.69) is 0 Å². The first-order chi connectivity index (χ1) is 9.38. The maximum atomic E-state index is 13.5. The Morgan fingerprint density at radius 3 is 2.75 bits per heavy atom. The molecule has 0 saturated heterocycles. The summed E-state index contributed by atoms with van der Waals surface area (Å²) in [5.41, 5.74) is 1.19. The van der Waals surface area contributed by atoms with Gasteiger partial charge < -0.3 is 9.67 Å². The van der Waals surface area contributed by atoms with Crippen molar-refractivity contribution in [2.75, 3.05) is 0 Å². The van der Waals surface area contributed by atoms with Crippen LogP contribution in [0, 0.1) is 5.82 Å². The van der Waals surface area contributed by atoms with Gasteiger partial charge in [-0.15, -0.1) is 0 Å². The number of hydrogen-bond donors (Lipinski definition) is 1. The molecule has 0 bridgehead atoms. The van der Waals surface area contributed by atoms with E-state index in [4.69, 9.17) is 11.6 Å². The summed E-state index contributed by atoms with van der Waals surface area (Å²) in [7, 11) is 0. The molecule has 1 atom stereocenters. The van der Waals surface area contributed by atoms with E-state index in [0.717, 1.165) is 0 Å². The van der Waals surface area contributed by atoms with Crippen LogP contribution in [0.3, 0.4) is 0 Å². The first kappa shape index (κ1) is 13.5. The monoisotopic (exact) mass is 301 g/mol. The molecule has 0 amide bonds. The number of fused-ring (bicyclic) bond motifs is 1. The highest BCUT2D eigenvalue weighted by Crippen LogP contribution is 2.42.